The Labute approximate surface area is 145 Å². The van der Waals surface area contributed by atoms with Gasteiger partial charge in [0, 0.05) is 11.3 Å². The number of carbonyl (C=O) groups is 2. The van der Waals surface area contributed by atoms with Crippen molar-refractivity contribution in [2.45, 2.75) is 6.92 Å². The molecule has 25 heavy (non-hydrogen) atoms. The van der Waals surface area contributed by atoms with Crippen LogP contribution in [0.2, 0.25) is 0 Å². The van der Waals surface area contributed by atoms with Crippen molar-refractivity contribution < 1.29 is 18.7 Å². The van der Waals surface area contributed by atoms with Crippen molar-refractivity contribution in [2.24, 2.45) is 0 Å². The second kappa shape index (κ2) is 7.49. The second-order valence-electron chi connectivity index (χ2n) is 5.43. The van der Waals surface area contributed by atoms with Crippen molar-refractivity contribution in [3.8, 4) is 11.1 Å². The van der Waals surface area contributed by atoms with Crippen LogP contribution < -0.4 is 5.32 Å². The first kappa shape index (κ1) is 16.5. The lowest BCUT2D eigenvalue weighted by molar-refractivity contribution is -0.119. The summed E-state index contributed by atoms with van der Waals surface area (Å²) in [5.41, 5.74) is 2.87. The molecule has 5 heteroatoms. The topological polar surface area (TPSA) is 68.5 Å². The Bertz CT molecular complexity index is 883. The van der Waals surface area contributed by atoms with Gasteiger partial charge in [0.15, 0.2) is 6.61 Å². The summed E-state index contributed by atoms with van der Waals surface area (Å²) in [4.78, 5) is 24.1. The first-order valence-corrected chi connectivity index (χ1v) is 7.80. The largest absolute Gasteiger partial charge is 0.469 e. The van der Waals surface area contributed by atoms with Gasteiger partial charge in [0.25, 0.3) is 5.91 Å². The maximum Gasteiger partial charge on any atom is 0.342 e. The molecule has 0 spiro atoms. The molecule has 3 aromatic rings. The molecule has 0 fully saturated rings. The zero-order valence-corrected chi connectivity index (χ0v) is 13.7. The van der Waals surface area contributed by atoms with Crippen LogP contribution >= 0.6 is 0 Å². The average molecular weight is 335 g/mol. The molecule has 0 aliphatic rings. The van der Waals surface area contributed by atoms with Gasteiger partial charge in [-0.2, -0.15) is 0 Å². The van der Waals surface area contributed by atoms with Gasteiger partial charge in [-0.1, -0.05) is 48.5 Å². The Hall–Kier alpha value is -3.34. The lowest BCUT2D eigenvalue weighted by Gasteiger charge is -2.11. The lowest BCUT2D eigenvalue weighted by atomic mass is 10.0. The maximum absolute atomic E-state index is 12.1. The molecule has 2 aromatic carbocycles. The molecule has 0 saturated heterocycles. The molecule has 1 aromatic heterocycles. The third kappa shape index (κ3) is 3.95. The van der Waals surface area contributed by atoms with Gasteiger partial charge in [0.1, 0.15) is 11.3 Å². The molecule has 1 N–H and O–H groups in total. The highest BCUT2D eigenvalue weighted by Crippen LogP contribution is 2.27. The molecule has 0 atom stereocenters. The van der Waals surface area contributed by atoms with E-state index >= 15 is 0 Å². The molecule has 126 valence electrons. The van der Waals surface area contributed by atoms with E-state index in [1.165, 1.54) is 12.3 Å². The number of anilines is 1. The van der Waals surface area contributed by atoms with E-state index < -0.39 is 11.9 Å². The third-order valence-corrected chi connectivity index (χ3v) is 3.70. The number of furan rings is 1. The Balaban J connectivity index is 1.66. The minimum atomic E-state index is -0.585. The molecule has 1 amide bonds. The first-order chi connectivity index (χ1) is 12.1. The highest BCUT2D eigenvalue weighted by Gasteiger charge is 2.15. The lowest BCUT2D eigenvalue weighted by Crippen LogP contribution is -2.21. The molecule has 3 rings (SSSR count). The summed E-state index contributed by atoms with van der Waals surface area (Å²) in [6, 6.07) is 18.7. The molecule has 0 unspecified atom stereocenters. The van der Waals surface area contributed by atoms with Crippen LogP contribution in [-0.2, 0) is 9.53 Å². The highest BCUT2D eigenvalue weighted by atomic mass is 16.5. The number of para-hydroxylation sites is 1. The molecule has 0 bridgehead atoms. The SMILES string of the molecule is Cc1occc1C(=O)OCC(=O)Nc1ccccc1-c1ccccc1. The quantitative estimate of drug-likeness (QED) is 0.714. The van der Waals surface area contributed by atoms with Crippen LogP contribution in [0.4, 0.5) is 5.69 Å². The predicted octanol–water partition coefficient (Wildman–Crippen LogP) is 4.05. The van der Waals surface area contributed by atoms with Crippen LogP contribution in [0.15, 0.2) is 71.3 Å². The molecule has 0 aliphatic heterocycles. The van der Waals surface area contributed by atoms with Crippen molar-refractivity contribution in [2.75, 3.05) is 11.9 Å². The van der Waals surface area contributed by atoms with Crippen LogP contribution in [-0.4, -0.2) is 18.5 Å². The van der Waals surface area contributed by atoms with Gasteiger partial charge in [-0.15, -0.1) is 0 Å². The minimum Gasteiger partial charge on any atom is -0.469 e. The predicted molar refractivity (Wildman–Crippen MR) is 94.2 cm³/mol. The maximum atomic E-state index is 12.1. The van der Waals surface area contributed by atoms with Crippen molar-refractivity contribution in [1.29, 1.82) is 0 Å². The summed E-state index contributed by atoms with van der Waals surface area (Å²) < 4.78 is 10.1. The van der Waals surface area contributed by atoms with Crippen LogP contribution in [0, 0.1) is 6.92 Å². The Morgan fingerprint density at radius 2 is 1.72 bits per heavy atom. The van der Waals surface area contributed by atoms with E-state index in [4.69, 9.17) is 9.15 Å². The van der Waals surface area contributed by atoms with Crippen LogP contribution in [0.5, 0.6) is 0 Å². The van der Waals surface area contributed by atoms with Gasteiger partial charge in [-0.3, -0.25) is 4.79 Å². The van der Waals surface area contributed by atoms with E-state index in [0.717, 1.165) is 11.1 Å². The second-order valence-corrected chi connectivity index (χ2v) is 5.43. The molecule has 0 radical (unpaired) electrons. The van der Waals surface area contributed by atoms with Crippen molar-refractivity contribution in [3.63, 3.8) is 0 Å². The molecule has 0 saturated carbocycles. The number of amides is 1. The number of rotatable bonds is 5. The number of benzene rings is 2. The van der Waals surface area contributed by atoms with Crippen molar-refractivity contribution in [1.82, 2.24) is 0 Å². The highest BCUT2D eigenvalue weighted by molar-refractivity contribution is 5.98. The van der Waals surface area contributed by atoms with E-state index in [1.807, 2.05) is 54.6 Å². The summed E-state index contributed by atoms with van der Waals surface area (Å²) in [5.74, 6) is -0.532. The summed E-state index contributed by atoms with van der Waals surface area (Å²) in [6.45, 7) is 1.29. The molecular weight excluding hydrogens is 318 g/mol. The van der Waals surface area contributed by atoms with E-state index in [0.29, 0.717) is 17.0 Å². The number of carbonyl (C=O) groups excluding carboxylic acids is 2. The fourth-order valence-corrected chi connectivity index (χ4v) is 2.45. The standard InChI is InChI=1S/C20H17NO4/c1-14-16(11-12-24-14)20(23)25-13-19(22)21-18-10-6-5-9-17(18)15-7-3-2-4-8-15/h2-12H,13H2,1H3,(H,21,22). The van der Waals surface area contributed by atoms with E-state index in [1.54, 1.807) is 6.92 Å². The summed E-state index contributed by atoms with van der Waals surface area (Å²) in [7, 11) is 0. The number of hydrogen-bond acceptors (Lipinski definition) is 4. The number of hydrogen-bond donors (Lipinski definition) is 1. The Morgan fingerprint density at radius 3 is 2.44 bits per heavy atom. The van der Waals surface area contributed by atoms with Gasteiger partial charge >= 0.3 is 5.97 Å². The van der Waals surface area contributed by atoms with Gasteiger partial charge in [0.05, 0.1) is 6.26 Å². The summed E-state index contributed by atoms with van der Waals surface area (Å²) in [5, 5.41) is 2.78. The van der Waals surface area contributed by atoms with Crippen LogP contribution in [0.25, 0.3) is 11.1 Å². The Morgan fingerprint density at radius 1 is 1.00 bits per heavy atom. The number of nitrogens with one attached hydrogen (secondary N) is 1. The van der Waals surface area contributed by atoms with Crippen molar-refractivity contribution in [3.05, 3.63) is 78.3 Å². The number of ether oxygens (including phenoxy) is 1. The number of esters is 1. The smallest absolute Gasteiger partial charge is 0.342 e. The van der Waals surface area contributed by atoms with Gasteiger partial charge in [-0.25, -0.2) is 4.79 Å². The zero-order chi connectivity index (χ0) is 17.6. The first-order valence-electron chi connectivity index (χ1n) is 7.80. The fraction of sp³-hybridized carbons (Fsp3) is 0.100. The van der Waals surface area contributed by atoms with Crippen LogP contribution in [0.1, 0.15) is 16.1 Å². The molecule has 0 aliphatic carbocycles. The minimum absolute atomic E-state index is 0.317. The number of aryl methyl sites for hydroxylation is 1. The molecule has 1 heterocycles. The van der Waals surface area contributed by atoms with Gasteiger partial charge < -0.3 is 14.5 Å². The van der Waals surface area contributed by atoms with Crippen molar-refractivity contribution >= 4 is 17.6 Å². The average Bonchev–Trinajstić information content (AvgIpc) is 3.07. The van der Waals surface area contributed by atoms with Crippen LogP contribution in [0.3, 0.4) is 0 Å². The fourth-order valence-electron chi connectivity index (χ4n) is 2.45. The van der Waals surface area contributed by atoms with Gasteiger partial charge in [-0.05, 0) is 24.6 Å². The van der Waals surface area contributed by atoms with E-state index in [-0.39, 0.29) is 6.61 Å². The molecular formula is C20H17NO4. The van der Waals surface area contributed by atoms with E-state index in [2.05, 4.69) is 5.32 Å². The monoisotopic (exact) mass is 335 g/mol. The molecule has 5 nitrogen and oxygen atoms in total. The Kier molecular flexibility index (Phi) is 4.95. The normalized spacial score (nSPS) is 10.3. The third-order valence-electron chi connectivity index (χ3n) is 3.70. The summed E-state index contributed by atoms with van der Waals surface area (Å²) in [6.07, 6.45) is 1.40. The zero-order valence-electron chi connectivity index (χ0n) is 13.7. The summed E-state index contributed by atoms with van der Waals surface area (Å²) >= 11 is 0. The van der Waals surface area contributed by atoms with E-state index in [9.17, 15) is 9.59 Å². The van der Waals surface area contributed by atoms with Gasteiger partial charge in [0.2, 0.25) is 0 Å².